The van der Waals surface area contributed by atoms with E-state index in [9.17, 15) is 18.0 Å². The highest BCUT2D eigenvalue weighted by Gasteiger charge is 2.29. The van der Waals surface area contributed by atoms with Gasteiger partial charge in [0.05, 0.1) is 12.4 Å². The summed E-state index contributed by atoms with van der Waals surface area (Å²) in [6, 6.07) is 8.96. The number of rotatable bonds is 3. The lowest BCUT2D eigenvalue weighted by Crippen LogP contribution is -2.43. The molecule has 2 aromatic rings. The van der Waals surface area contributed by atoms with Crippen molar-refractivity contribution in [2.45, 2.75) is 90.6 Å². The molecule has 1 aromatic carbocycles. The van der Waals surface area contributed by atoms with E-state index in [1.165, 1.54) is 10.9 Å². The molecule has 10 nitrogen and oxygen atoms in total. The van der Waals surface area contributed by atoms with E-state index in [4.69, 9.17) is 13.7 Å². The molecule has 2 amide bonds. The highest BCUT2D eigenvalue weighted by Crippen LogP contribution is 2.30. The van der Waals surface area contributed by atoms with Crippen molar-refractivity contribution in [3.8, 4) is 0 Å². The summed E-state index contributed by atoms with van der Waals surface area (Å²) < 4.78 is 41.0. The van der Waals surface area contributed by atoms with Gasteiger partial charge in [0, 0.05) is 53.8 Å². The first-order valence-electron chi connectivity index (χ1n) is 14.0. The van der Waals surface area contributed by atoms with E-state index < -0.39 is 21.3 Å². The van der Waals surface area contributed by atoms with Gasteiger partial charge < -0.3 is 23.8 Å². The number of aromatic nitrogens is 1. The standard InChI is InChI=1S/C18H23BrN2O2.C11H21NO5S/c1-18(2,3)23-17(22)20-9-7-15(8-10-20)21-11-6-13-12-14(19)4-5-16(13)21;1-11(2,3)16-10(13)12-7-5-9(6-8-12)17-18(4,14)15/h4-6,11-12,15H,7-10H2,1-3H3;9H,5-8H2,1-4H3. The number of carbonyl (C=O) groups excluding carboxylic acids is 2. The van der Waals surface area contributed by atoms with Crippen LogP contribution in [0, 0.1) is 0 Å². The van der Waals surface area contributed by atoms with E-state index >= 15 is 0 Å². The Bertz CT molecular complexity index is 1300. The Morgan fingerprint density at radius 1 is 0.829 bits per heavy atom. The normalized spacial score (nSPS) is 17.7. The van der Waals surface area contributed by atoms with Crippen molar-refractivity contribution in [2.75, 3.05) is 32.4 Å². The first-order chi connectivity index (χ1) is 18.9. The zero-order valence-electron chi connectivity index (χ0n) is 25.2. The fourth-order valence-corrected chi connectivity index (χ4v) is 5.88. The molecule has 0 spiro atoms. The third kappa shape index (κ3) is 10.8. The molecular formula is C29H44BrN3O7S. The maximum atomic E-state index is 12.1. The largest absolute Gasteiger partial charge is 0.444 e. The van der Waals surface area contributed by atoms with Crippen molar-refractivity contribution in [1.82, 2.24) is 14.4 Å². The molecule has 4 rings (SSSR count). The van der Waals surface area contributed by atoms with E-state index in [2.05, 4.69) is 51.0 Å². The molecule has 3 heterocycles. The monoisotopic (exact) mass is 657 g/mol. The number of hydrogen-bond acceptors (Lipinski definition) is 7. The summed E-state index contributed by atoms with van der Waals surface area (Å²) in [6.45, 7) is 13.5. The molecule has 2 saturated heterocycles. The molecule has 12 heteroatoms. The minimum absolute atomic E-state index is 0.197. The number of benzene rings is 1. The molecule has 2 aliphatic rings. The first kappa shape index (κ1) is 33.2. The number of carbonyl (C=O) groups is 2. The number of hydrogen-bond donors (Lipinski definition) is 0. The molecular weight excluding hydrogens is 614 g/mol. The third-order valence-electron chi connectivity index (χ3n) is 6.60. The molecule has 2 aliphatic heterocycles. The van der Waals surface area contributed by atoms with Crippen LogP contribution in [0.25, 0.3) is 10.9 Å². The Labute approximate surface area is 252 Å². The molecule has 2 fully saturated rings. The van der Waals surface area contributed by atoms with Crippen LogP contribution < -0.4 is 0 Å². The van der Waals surface area contributed by atoms with Crippen LogP contribution in [-0.2, 0) is 23.8 Å². The van der Waals surface area contributed by atoms with Crippen molar-refractivity contribution in [1.29, 1.82) is 0 Å². The number of nitrogens with zero attached hydrogens (tertiary/aromatic N) is 3. The second kappa shape index (κ2) is 13.3. The summed E-state index contributed by atoms with van der Waals surface area (Å²) in [5, 5.41) is 1.24. The van der Waals surface area contributed by atoms with Crippen LogP contribution >= 0.6 is 15.9 Å². The molecule has 0 bridgehead atoms. The van der Waals surface area contributed by atoms with Crippen LogP contribution in [0.3, 0.4) is 0 Å². The molecule has 230 valence electrons. The second-order valence-electron chi connectivity index (χ2n) is 12.6. The van der Waals surface area contributed by atoms with Gasteiger partial charge in [0.15, 0.2) is 0 Å². The average Bonchev–Trinajstić information content (AvgIpc) is 3.25. The Morgan fingerprint density at radius 3 is 1.78 bits per heavy atom. The van der Waals surface area contributed by atoms with Gasteiger partial charge in [0.1, 0.15) is 11.2 Å². The minimum Gasteiger partial charge on any atom is -0.444 e. The topological polar surface area (TPSA) is 107 Å². The zero-order valence-corrected chi connectivity index (χ0v) is 27.6. The Kier molecular flexibility index (Phi) is 10.8. The van der Waals surface area contributed by atoms with Gasteiger partial charge in [-0.05, 0) is 91.5 Å². The van der Waals surface area contributed by atoms with Crippen molar-refractivity contribution >= 4 is 49.1 Å². The highest BCUT2D eigenvalue weighted by molar-refractivity contribution is 9.10. The summed E-state index contributed by atoms with van der Waals surface area (Å²) in [6.07, 6.45) is 5.23. The van der Waals surface area contributed by atoms with E-state index in [1.54, 1.807) is 4.90 Å². The number of halogens is 1. The summed E-state index contributed by atoms with van der Waals surface area (Å²) in [5.74, 6) is 0. The van der Waals surface area contributed by atoms with Crippen LogP contribution in [-0.4, -0.2) is 84.7 Å². The highest BCUT2D eigenvalue weighted by atomic mass is 79.9. The van der Waals surface area contributed by atoms with Crippen LogP contribution in [0.2, 0.25) is 0 Å². The van der Waals surface area contributed by atoms with Crippen molar-refractivity contribution < 1.29 is 31.7 Å². The first-order valence-corrected chi connectivity index (χ1v) is 16.6. The molecule has 0 saturated carbocycles. The van der Waals surface area contributed by atoms with Gasteiger partial charge in [-0.2, -0.15) is 8.42 Å². The zero-order chi connectivity index (χ0) is 30.6. The Hall–Kier alpha value is -2.31. The van der Waals surface area contributed by atoms with E-state index in [0.717, 1.165) is 36.7 Å². The van der Waals surface area contributed by atoms with Gasteiger partial charge in [-0.15, -0.1) is 0 Å². The van der Waals surface area contributed by atoms with Gasteiger partial charge in [0.2, 0.25) is 0 Å². The molecule has 0 N–H and O–H groups in total. The molecule has 0 aliphatic carbocycles. The quantitative estimate of drug-likeness (QED) is 0.355. The summed E-state index contributed by atoms with van der Waals surface area (Å²) in [5.41, 5.74) is 0.304. The van der Waals surface area contributed by atoms with Crippen LogP contribution in [0.4, 0.5) is 9.59 Å². The smallest absolute Gasteiger partial charge is 0.410 e. The number of ether oxygens (including phenoxy) is 2. The average molecular weight is 659 g/mol. The van der Waals surface area contributed by atoms with Gasteiger partial charge in [-0.1, -0.05) is 15.9 Å². The van der Waals surface area contributed by atoms with E-state index in [-0.39, 0.29) is 18.3 Å². The molecule has 0 unspecified atom stereocenters. The predicted molar refractivity (Wildman–Crippen MR) is 162 cm³/mol. The van der Waals surface area contributed by atoms with Gasteiger partial charge in [-0.3, -0.25) is 4.18 Å². The van der Waals surface area contributed by atoms with E-state index in [1.807, 2.05) is 46.4 Å². The fraction of sp³-hybridized carbons (Fsp3) is 0.655. The van der Waals surface area contributed by atoms with Crippen LogP contribution in [0.1, 0.15) is 73.3 Å². The molecule has 0 radical (unpaired) electrons. The SMILES string of the molecule is CC(C)(C)OC(=O)N1CCC(OS(C)(=O)=O)CC1.CC(C)(C)OC(=O)N1CCC(n2ccc3cc(Br)ccc32)CC1. The van der Waals surface area contributed by atoms with Crippen molar-refractivity contribution in [3.63, 3.8) is 0 Å². The molecule has 41 heavy (non-hydrogen) atoms. The maximum Gasteiger partial charge on any atom is 0.410 e. The lowest BCUT2D eigenvalue weighted by Gasteiger charge is -2.34. The summed E-state index contributed by atoms with van der Waals surface area (Å²) in [4.78, 5) is 27.3. The summed E-state index contributed by atoms with van der Waals surface area (Å²) >= 11 is 3.52. The minimum atomic E-state index is -3.42. The molecule has 0 atom stereocenters. The number of fused-ring (bicyclic) bond motifs is 1. The van der Waals surface area contributed by atoms with Gasteiger partial charge in [0.25, 0.3) is 10.1 Å². The summed E-state index contributed by atoms with van der Waals surface area (Å²) in [7, 11) is -3.42. The van der Waals surface area contributed by atoms with E-state index in [0.29, 0.717) is 32.0 Å². The number of amides is 2. The fourth-order valence-electron chi connectivity index (χ4n) is 4.81. The maximum absolute atomic E-state index is 12.1. The van der Waals surface area contributed by atoms with Crippen molar-refractivity contribution in [3.05, 3.63) is 34.9 Å². The Balaban J connectivity index is 0.000000233. The number of piperidine rings is 2. The van der Waals surface area contributed by atoms with Crippen LogP contribution in [0.15, 0.2) is 34.9 Å². The predicted octanol–water partition coefficient (Wildman–Crippen LogP) is 6.34. The Morgan fingerprint density at radius 2 is 1.32 bits per heavy atom. The molecule has 1 aromatic heterocycles. The number of likely N-dealkylation sites (tertiary alicyclic amines) is 2. The third-order valence-corrected chi connectivity index (χ3v) is 7.71. The lowest BCUT2D eigenvalue weighted by atomic mass is 10.0. The van der Waals surface area contributed by atoms with Gasteiger partial charge in [-0.25, -0.2) is 9.59 Å². The van der Waals surface area contributed by atoms with Gasteiger partial charge >= 0.3 is 12.2 Å². The van der Waals surface area contributed by atoms with Crippen molar-refractivity contribution in [2.24, 2.45) is 0 Å². The van der Waals surface area contributed by atoms with Crippen LogP contribution in [0.5, 0.6) is 0 Å². The second-order valence-corrected chi connectivity index (χ2v) is 15.1. The lowest BCUT2D eigenvalue weighted by molar-refractivity contribution is 0.0131.